The van der Waals surface area contributed by atoms with E-state index in [1.807, 2.05) is 29.3 Å². The highest BCUT2D eigenvalue weighted by Gasteiger charge is 2.30. The van der Waals surface area contributed by atoms with Crippen molar-refractivity contribution < 1.29 is 14.1 Å². The Bertz CT molecular complexity index is 1030. The van der Waals surface area contributed by atoms with Crippen molar-refractivity contribution in [1.82, 2.24) is 20.4 Å². The first kappa shape index (κ1) is 21.7. The number of hydrogen-bond acceptors (Lipinski definition) is 9. The van der Waals surface area contributed by atoms with Gasteiger partial charge < -0.3 is 19.5 Å². The SMILES string of the molecule is O=C(NCC[C@@H]1N=CN=C(N2CCOCC2)N1Nc1ccc(Cl)cc1)c1cc(C2CC2)on1. The molecule has 1 saturated carbocycles. The minimum atomic E-state index is -0.268. The molecule has 1 aromatic heterocycles. The Hall–Kier alpha value is -3.11. The van der Waals surface area contributed by atoms with Crippen molar-refractivity contribution in [2.24, 2.45) is 9.98 Å². The summed E-state index contributed by atoms with van der Waals surface area (Å²) in [6.07, 6.45) is 4.07. The Morgan fingerprint density at radius 1 is 1.18 bits per heavy atom. The molecule has 3 heterocycles. The number of benzene rings is 1. The van der Waals surface area contributed by atoms with E-state index in [1.165, 1.54) is 0 Å². The number of halogens is 1. The van der Waals surface area contributed by atoms with Crippen LogP contribution < -0.4 is 10.7 Å². The molecule has 2 aliphatic heterocycles. The van der Waals surface area contributed by atoms with Crippen LogP contribution in [0.2, 0.25) is 5.02 Å². The molecule has 1 aliphatic carbocycles. The van der Waals surface area contributed by atoms with Crippen molar-refractivity contribution in [1.29, 1.82) is 0 Å². The lowest BCUT2D eigenvalue weighted by molar-refractivity contribution is 0.0612. The maximum absolute atomic E-state index is 12.5. The van der Waals surface area contributed by atoms with Crippen molar-refractivity contribution in [2.45, 2.75) is 31.3 Å². The molecule has 3 aliphatic rings. The minimum absolute atomic E-state index is 0.246. The number of hydrazine groups is 1. The molecule has 1 atom stereocenters. The Morgan fingerprint density at radius 3 is 2.73 bits per heavy atom. The molecule has 0 spiro atoms. The van der Waals surface area contributed by atoms with Gasteiger partial charge in [0.25, 0.3) is 5.91 Å². The van der Waals surface area contributed by atoms with Crippen LogP contribution in [0.4, 0.5) is 5.69 Å². The van der Waals surface area contributed by atoms with Crippen LogP contribution in [0.3, 0.4) is 0 Å². The van der Waals surface area contributed by atoms with Crippen LogP contribution in [0, 0.1) is 0 Å². The van der Waals surface area contributed by atoms with Crippen LogP contribution in [0.15, 0.2) is 44.8 Å². The van der Waals surface area contributed by atoms with Crippen molar-refractivity contribution >= 4 is 35.5 Å². The molecule has 0 unspecified atom stereocenters. The Balaban J connectivity index is 1.24. The van der Waals surface area contributed by atoms with Gasteiger partial charge in [0.1, 0.15) is 18.3 Å². The second-order valence-corrected chi connectivity index (χ2v) is 8.63. The second kappa shape index (κ2) is 9.80. The van der Waals surface area contributed by atoms with E-state index in [9.17, 15) is 4.79 Å². The number of aliphatic imine (C=N–C) groups is 2. The predicted molar refractivity (Wildman–Crippen MR) is 124 cm³/mol. The summed E-state index contributed by atoms with van der Waals surface area (Å²) in [6.45, 7) is 3.19. The maximum atomic E-state index is 12.5. The summed E-state index contributed by atoms with van der Waals surface area (Å²) < 4.78 is 10.8. The third kappa shape index (κ3) is 5.28. The Kier molecular flexibility index (Phi) is 6.45. The molecular formula is C22H26ClN7O3. The standard InChI is InChI=1S/C22H26ClN7O3/c23-16-3-5-17(6-4-16)27-30-20(25-14-26-22(30)29-9-11-32-12-10-29)7-8-24-21(31)18-13-19(33-28-18)15-1-2-15/h3-6,13-15,20,27H,1-2,7-12H2,(H,24,31)/t20-/m1/s1. The quantitative estimate of drug-likeness (QED) is 0.639. The number of carbonyl (C=O) groups is 1. The van der Waals surface area contributed by atoms with E-state index in [0.717, 1.165) is 43.3 Å². The summed E-state index contributed by atoms with van der Waals surface area (Å²) in [6, 6.07) is 9.19. The number of morpholine rings is 1. The minimum Gasteiger partial charge on any atom is -0.378 e. The van der Waals surface area contributed by atoms with Crippen molar-refractivity contribution in [3.8, 4) is 0 Å². The van der Waals surface area contributed by atoms with Crippen molar-refractivity contribution in [2.75, 3.05) is 38.3 Å². The number of carbonyl (C=O) groups excluding carboxylic acids is 1. The first-order chi connectivity index (χ1) is 16.2. The van der Waals surface area contributed by atoms with Gasteiger partial charge in [-0.05, 0) is 37.1 Å². The van der Waals surface area contributed by atoms with Crippen molar-refractivity contribution in [3.63, 3.8) is 0 Å². The first-order valence-corrected chi connectivity index (χ1v) is 11.5. The number of ether oxygens (including phenoxy) is 1. The fourth-order valence-corrected chi connectivity index (χ4v) is 3.90. The fourth-order valence-electron chi connectivity index (χ4n) is 3.78. The van der Waals surface area contributed by atoms with Gasteiger partial charge in [-0.3, -0.25) is 10.2 Å². The van der Waals surface area contributed by atoms with E-state index in [4.69, 9.17) is 20.9 Å². The molecule has 1 aromatic carbocycles. The summed E-state index contributed by atoms with van der Waals surface area (Å²) in [5.74, 6) is 1.73. The first-order valence-electron chi connectivity index (χ1n) is 11.2. The van der Waals surface area contributed by atoms with Gasteiger partial charge in [0.15, 0.2) is 5.69 Å². The molecule has 174 valence electrons. The van der Waals surface area contributed by atoms with Gasteiger partial charge in [-0.1, -0.05) is 16.8 Å². The van der Waals surface area contributed by atoms with Crippen LogP contribution in [0.25, 0.3) is 0 Å². The third-order valence-corrected chi connectivity index (χ3v) is 5.99. The molecule has 33 heavy (non-hydrogen) atoms. The molecular weight excluding hydrogens is 446 g/mol. The monoisotopic (exact) mass is 471 g/mol. The molecule has 2 fully saturated rings. The van der Waals surface area contributed by atoms with Gasteiger partial charge in [0.05, 0.1) is 18.9 Å². The molecule has 2 N–H and O–H groups in total. The number of nitrogens with zero attached hydrogens (tertiary/aromatic N) is 5. The fraction of sp³-hybridized carbons (Fsp3) is 0.455. The van der Waals surface area contributed by atoms with E-state index in [0.29, 0.717) is 42.8 Å². The molecule has 0 bridgehead atoms. The van der Waals surface area contributed by atoms with Gasteiger partial charge in [-0.25, -0.2) is 15.0 Å². The lowest BCUT2D eigenvalue weighted by Crippen LogP contribution is -2.56. The smallest absolute Gasteiger partial charge is 0.273 e. The summed E-state index contributed by atoms with van der Waals surface area (Å²) in [5, 5.41) is 9.43. The van der Waals surface area contributed by atoms with E-state index >= 15 is 0 Å². The largest absolute Gasteiger partial charge is 0.378 e. The van der Waals surface area contributed by atoms with Gasteiger partial charge in [-0.15, -0.1) is 0 Å². The Labute approximate surface area is 196 Å². The molecule has 5 rings (SSSR count). The number of aromatic nitrogens is 1. The number of rotatable bonds is 7. The number of amides is 1. The maximum Gasteiger partial charge on any atom is 0.273 e. The van der Waals surface area contributed by atoms with E-state index in [2.05, 4.69) is 30.8 Å². The average molecular weight is 472 g/mol. The highest BCUT2D eigenvalue weighted by molar-refractivity contribution is 6.30. The van der Waals surface area contributed by atoms with Crippen LogP contribution in [0.5, 0.6) is 0 Å². The summed E-state index contributed by atoms with van der Waals surface area (Å²) in [5.41, 5.74) is 4.58. The van der Waals surface area contributed by atoms with Crippen molar-refractivity contribution in [3.05, 3.63) is 46.8 Å². The van der Waals surface area contributed by atoms with E-state index in [-0.39, 0.29) is 12.1 Å². The lowest BCUT2D eigenvalue weighted by atomic mass is 10.2. The van der Waals surface area contributed by atoms with Gasteiger partial charge >= 0.3 is 0 Å². The summed E-state index contributed by atoms with van der Waals surface area (Å²) >= 11 is 6.04. The van der Waals surface area contributed by atoms with Gasteiger partial charge in [0.2, 0.25) is 5.96 Å². The summed E-state index contributed by atoms with van der Waals surface area (Å²) in [7, 11) is 0. The highest BCUT2D eigenvalue weighted by Crippen LogP contribution is 2.40. The predicted octanol–water partition coefficient (Wildman–Crippen LogP) is 2.71. The van der Waals surface area contributed by atoms with Crippen LogP contribution >= 0.6 is 11.6 Å². The van der Waals surface area contributed by atoms with Gasteiger partial charge in [-0.2, -0.15) is 0 Å². The van der Waals surface area contributed by atoms with Crippen LogP contribution in [0.1, 0.15) is 41.4 Å². The number of nitrogens with one attached hydrogen (secondary N) is 2. The number of guanidine groups is 1. The van der Waals surface area contributed by atoms with E-state index in [1.54, 1.807) is 12.4 Å². The zero-order valence-corrected chi connectivity index (χ0v) is 18.9. The zero-order valence-electron chi connectivity index (χ0n) is 18.1. The zero-order chi connectivity index (χ0) is 22.6. The third-order valence-electron chi connectivity index (χ3n) is 5.74. The molecule has 0 radical (unpaired) electrons. The average Bonchev–Trinajstić information content (AvgIpc) is 3.58. The molecule has 10 nitrogen and oxygen atoms in total. The normalized spacial score (nSPS) is 20.5. The van der Waals surface area contributed by atoms with Gasteiger partial charge in [0, 0.05) is 43.1 Å². The molecule has 11 heteroatoms. The number of hydrogen-bond donors (Lipinski definition) is 2. The van der Waals surface area contributed by atoms with Crippen LogP contribution in [-0.2, 0) is 4.74 Å². The topological polar surface area (TPSA) is 108 Å². The summed E-state index contributed by atoms with van der Waals surface area (Å²) in [4.78, 5) is 23.8. The molecule has 2 aromatic rings. The van der Waals surface area contributed by atoms with Crippen LogP contribution in [-0.4, -0.2) is 72.3 Å². The lowest BCUT2D eigenvalue weighted by Gasteiger charge is -2.40. The highest BCUT2D eigenvalue weighted by atomic mass is 35.5. The molecule has 1 amide bonds. The van der Waals surface area contributed by atoms with E-state index < -0.39 is 0 Å². The second-order valence-electron chi connectivity index (χ2n) is 8.20. The molecule has 1 saturated heterocycles. The Morgan fingerprint density at radius 2 is 1.97 bits per heavy atom. The number of anilines is 1.